The molecule has 110 valence electrons. The van der Waals surface area contributed by atoms with Gasteiger partial charge in [0.25, 0.3) is 0 Å². The number of rotatable bonds is 6. The second kappa shape index (κ2) is 7.23. The summed E-state index contributed by atoms with van der Waals surface area (Å²) in [5.41, 5.74) is 3.50. The summed E-state index contributed by atoms with van der Waals surface area (Å²) in [5.74, 6) is -0.160. The first-order chi connectivity index (χ1) is 10.1. The van der Waals surface area contributed by atoms with Gasteiger partial charge in [0.05, 0.1) is 13.0 Å². The molecule has 21 heavy (non-hydrogen) atoms. The van der Waals surface area contributed by atoms with E-state index in [0.717, 1.165) is 22.4 Å². The third-order valence-corrected chi connectivity index (χ3v) is 4.37. The molecule has 2 nitrogen and oxygen atoms in total. The van der Waals surface area contributed by atoms with Crippen LogP contribution in [-0.2, 0) is 22.4 Å². The van der Waals surface area contributed by atoms with Gasteiger partial charge < -0.3 is 4.74 Å². The molecular weight excluding hydrogens is 280 g/mol. The van der Waals surface area contributed by atoms with Gasteiger partial charge in [0.2, 0.25) is 0 Å². The monoisotopic (exact) mass is 300 g/mol. The number of ether oxygens (including phenoxy) is 1. The fourth-order valence-corrected chi connectivity index (χ4v) is 3.26. The van der Waals surface area contributed by atoms with Crippen LogP contribution in [0.25, 0.3) is 5.57 Å². The zero-order valence-corrected chi connectivity index (χ0v) is 13.3. The SMILES string of the molecule is C=C(Cc1cc(CC(=O)OCC)sc1C)c1ccccc1. The Morgan fingerprint density at radius 1 is 1.24 bits per heavy atom. The molecule has 0 saturated heterocycles. The molecule has 1 heterocycles. The summed E-state index contributed by atoms with van der Waals surface area (Å²) in [4.78, 5) is 13.8. The number of allylic oxidation sites excluding steroid dienone is 1. The largest absolute Gasteiger partial charge is 0.466 e. The van der Waals surface area contributed by atoms with Crippen molar-refractivity contribution in [1.29, 1.82) is 0 Å². The third kappa shape index (κ3) is 4.30. The zero-order chi connectivity index (χ0) is 15.2. The molecule has 0 N–H and O–H groups in total. The van der Waals surface area contributed by atoms with E-state index < -0.39 is 0 Å². The van der Waals surface area contributed by atoms with E-state index in [1.807, 2.05) is 25.1 Å². The number of thiophene rings is 1. The van der Waals surface area contributed by atoms with Crippen molar-refractivity contribution in [2.45, 2.75) is 26.7 Å². The molecule has 0 spiro atoms. The van der Waals surface area contributed by atoms with Gasteiger partial charge in [-0.3, -0.25) is 4.79 Å². The first kappa shape index (κ1) is 15.5. The molecule has 3 heteroatoms. The van der Waals surface area contributed by atoms with Gasteiger partial charge in [-0.15, -0.1) is 11.3 Å². The second-order valence-electron chi connectivity index (χ2n) is 4.92. The average Bonchev–Trinajstić information content (AvgIpc) is 2.79. The highest BCUT2D eigenvalue weighted by atomic mass is 32.1. The smallest absolute Gasteiger partial charge is 0.311 e. The number of hydrogen-bond donors (Lipinski definition) is 0. The maximum absolute atomic E-state index is 11.5. The second-order valence-corrected chi connectivity index (χ2v) is 6.26. The van der Waals surface area contributed by atoms with Crippen LogP contribution in [0.5, 0.6) is 0 Å². The average molecular weight is 300 g/mol. The van der Waals surface area contributed by atoms with Gasteiger partial charge in [-0.2, -0.15) is 0 Å². The lowest BCUT2D eigenvalue weighted by atomic mass is 10.00. The van der Waals surface area contributed by atoms with Crippen LogP contribution in [0, 0.1) is 6.92 Å². The number of aryl methyl sites for hydroxylation is 1. The zero-order valence-electron chi connectivity index (χ0n) is 12.5. The number of esters is 1. The predicted molar refractivity (Wildman–Crippen MR) is 88.6 cm³/mol. The molecule has 0 unspecified atom stereocenters. The first-order valence-corrected chi connectivity index (χ1v) is 7.88. The molecule has 0 saturated carbocycles. The Bertz CT molecular complexity index is 626. The molecule has 0 aliphatic carbocycles. The molecule has 2 aromatic rings. The Balaban J connectivity index is 2.06. The fraction of sp³-hybridized carbons (Fsp3) is 0.278. The lowest BCUT2D eigenvalue weighted by Crippen LogP contribution is -2.06. The van der Waals surface area contributed by atoms with E-state index in [1.54, 1.807) is 11.3 Å². The lowest BCUT2D eigenvalue weighted by molar-refractivity contribution is -0.142. The van der Waals surface area contributed by atoms with Crippen LogP contribution in [0.4, 0.5) is 0 Å². The van der Waals surface area contributed by atoms with Gasteiger partial charge in [-0.25, -0.2) is 0 Å². The van der Waals surface area contributed by atoms with E-state index in [-0.39, 0.29) is 5.97 Å². The minimum absolute atomic E-state index is 0.160. The van der Waals surface area contributed by atoms with E-state index in [1.165, 1.54) is 10.4 Å². The summed E-state index contributed by atoms with van der Waals surface area (Å²) in [6.07, 6.45) is 1.17. The Labute approximate surface area is 130 Å². The standard InChI is InChI=1S/C18H20O2S/c1-4-20-18(19)12-17-11-16(14(3)21-17)10-13(2)15-8-6-5-7-9-15/h5-9,11H,2,4,10,12H2,1,3H3. The van der Waals surface area contributed by atoms with Crippen molar-refractivity contribution >= 4 is 22.9 Å². The summed E-state index contributed by atoms with van der Waals surface area (Å²) in [6, 6.07) is 12.3. The third-order valence-electron chi connectivity index (χ3n) is 3.28. The lowest BCUT2D eigenvalue weighted by Gasteiger charge is -2.05. The molecule has 0 radical (unpaired) electrons. The highest BCUT2D eigenvalue weighted by Gasteiger charge is 2.11. The molecule has 1 aromatic carbocycles. The van der Waals surface area contributed by atoms with Gasteiger partial charge in [-0.05, 0) is 43.0 Å². The summed E-state index contributed by atoms with van der Waals surface area (Å²) in [7, 11) is 0. The van der Waals surface area contributed by atoms with Gasteiger partial charge in [0, 0.05) is 9.75 Å². The number of carbonyl (C=O) groups is 1. The van der Waals surface area contributed by atoms with Gasteiger partial charge in [0.15, 0.2) is 0 Å². The summed E-state index contributed by atoms with van der Waals surface area (Å²) < 4.78 is 5.00. The molecule has 0 aliphatic rings. The minimum atomic E-state index is -0.160. The molecule has 0 aliphatic heterocycles. The Hall–Kier alpha value is -1.87. The normalized spacial score (nSPS) is 10.4. The summed E-state index contributed by atoms with van der Waals surface area (Å²) in [6.45, 7) is 8.52. The quantitative estimate of drug-likeness (QED) is 0.738. The molecule has 1 aromatic heterocycles. The maximum Gasteiger partial charge on any atom is 0.311 e. The van der Waals surface area contributed by atoms with Crippen molar-refractivity contribution in [2.24, 2.45) is 0 Å². The fourth-order valence-electron chi connectivity index (χ4n) is 2.21. The van der Waals surface area contributed by atoms with Crippen molar-refractivity contribution in [3.05, 3.63) is 63.9 Å². The van der Waals surface area contributed by atoms with E-state index in [4.69, 9.17) is 4.74 Å². The van der Waals surface area contributed by atoms with E-state index in [2.05, 4.69) is 31.7 Å². The Kier molecular flexibility index (Phi) is 5.34. The van der Waals surface area contributed by atoms with E-state index in [9.17, 15) is 4.79 Å². The first-order valence-electron chi connectivity index (χ1n) is 7.07. The molecule has 2 rings (SSSR count). The summed E-state index contributed by atoms with van der Waals surface area (Å²) >= 11 is 1.66. The highest BCUT2D eigenvalue weighted by molar-refractivity contribution is 7.12. The molecule has 0 bridgehead atoms. The van der Waals surface area contributed by atoms with Crippen LogP contribution in [0.1, 0.15) is 27.8 Å². The van der Waals surface area contributed by atoms with Gasteiger partial charge in [-0.1, -0.05) is 36.9 Å². The highest BCUT2D eigenvalue weighted by Crippen LogP contribution is 2.27. The van der Waals surface area contributed by atoms with Crippen LogP contribution in [0.3, 0.4) is 0 Å². The van der Waals surface area contributed by atoms with E-state index >= 15 is 0 Å². The van der Waals surface area contributed by atoms with Crippen LogP contribution in [-0.4, -0.2) is 12.6 Å². The van der Waals surface area contributed by atoms with Crippen LogP contribution in [0.15, 0.2) is 43.0 Å². The van der Waals surface area contributed by atoms with Crippen LogP contribution < -0.4 is 0 Å². The molecule has 0 atom stereocenters. The number of hydrogen-bond acceptors (Lipinski definition) is 3. The Morgan fingerprint density at radius 3 is 2.62 bits per heavy atom. The van der Waals surface area contributed by atoms with Gasteiger partial charge >= 0.3 is 5.97 Å². The maximum atomic E-state index is 11.5. The molecule has 0 amide bonds. The number of benzene rings is 1. The van der Waals surface area contributed by atoms with Gasteiger partial charge in [0.1, 0.15) is 0 Å². The topological polar surface area (TPSA) is 26.3 Å². The minimum Gasteiger partial charge on any atom is -0.466 e. The van der Waals surface area contributed by atoms with Crippen LogP contribution in [0.2, 0.25) is 0 Å². The van der Waals surface area contributed by atoms with Crippen molar-refractivity contribution in [3.63, 3.8) is 0 Å². The summed E-state index contributed by atoms with van der Waals surface area (Å²) in [5, 5.41) is 0. The van der Waals surface area contributed by atoms with E-state index in [0.29, 0.717) is 13.0 Å². The van der Waals surface area contributed by atoms with Crippen molar-refractivity contribution in [3.8, 4) is 0 Å². The van der Waals surface area contributed by atoms with Crippen molar-refractivity contribution in [1.82, 2.24) is 0 Å². The molecule has 0 fully saturated rings. The van der Waals surface area contributed by atoms with Crippen LogP contribution >= 0.6 is 11.3 Å². The molecular formula is C18H20O2S. The van der Waals surface area contributed by atoms with Crippen molar-refractivity contribution in [2.75, 3.05) is 6.61 Å². The predicted octanol–water partition coefficient (Wildman–Crippen LogP) is 4.42. The van der Waals surface area contributed by atoms with Crippen molar-refractivity contribution < 1.29 is 9.53 Å². The number of carbonyl (C=O) groups excluding carboxylic acids is 1. The Morgan fingerprint density at radius 2 is 1.95 bits per heavy atom.